The summed E-state index contributed by atoms with van der Waals surface area (Å²) in [6, 6.07) is -0.692. The molecule has 1 aromatic heterocycles. The maximum atomic E-state index is 11.7. The van der Waals surface area contributed by atoms with Crippen LogP contribution in [-0.4, -0.2) is 38.8 Å². The zero-order valence-corrected chi connectivity index (χ0v) is 9.14. The molecule has 1 aliphatic heterocycles. The van der Waals surface area contributed by atoms with Gasteiger partial charge >= 0.3 is 0 Å². The first-order chi connectivity index (χ1) is 8.06. The summed E-state index contributed by atoms with van der Waals surface area (Å²) >= 11 is 0. The van der Waals surface area contributed by atoms with Crippen LogP contribution in [0.2, 0.25) is 0 Å². The Morgan fingerprint density at radius 2 is 2.35 bits per heavy atom. The predicted molar refractivity (Wildman–Crippen MR) is 54.6 cm³/mol. The molecule has 8 nitrogen and oxygen atoms in total. The minimum absolute atomic E-state index is 0.136. The van der Waals surface area contributed by atoms with E-state index >= 15 is 0 Å². The highest BCUT2D eigenvalue weighted by atomic mass is 16.2. The second-order valence-corrected chi connectivity index (χ2v) is 3.75. The van der Waals surface area contributed by atoms with Crippen LogP contribution in [0.1, 0.15) is 23.3 Å². The van der Waals surface area contributed by atoms with Crippen molar-refractivity contribution in [3.63, 3.8) is 0 Å². The van der Waals surface area contributed by atoms with E-state index in [1.54, 1.807) is 7.05 Å². The van der Waals surface area contributed by atoms with Gasteiger partial charge < -0.3 is 5.32 Å². The zero-order chi connectivity index (χ0) is 12.4. The standard InChI is InChI=1S/C9H11N5O3/c1-14-4-6(12-13-14)9(17)10-5-2-3-7(15)11-8(5)16/h4-5H,2-3H2,1H3,(H,10,17)(H,11,15,16). The Morgan fingerprint density at radius 3 is 2.94 bits per heavy atom. The third-order valence-corrected chi connectivity index (χ3v) is 2.38. The van der Waals surface area contributed by atoms with Crippen LogP contribution in [0.3, 0.4) is 0 Å². The smallest absolute Gasteiger partial charge is 0.274 e. The molecule has 1 atom stereocenters. The molecule has 0 aromatic carbocycles. The number of rotatable bonds is 2. The Kier molecular flexibility index (Phi) is 2.86. The molecule has 0 aliphatic carbocycles. The lowest BCUT2D eigenvalue weighted by Gasteiger charge is -2.21. The van der Waals surface area contributed by atoms with Gasteiger partial charge in [-0.05, 0) is 6.42 Å². The lowest BCUT2D eigenvalue weighted by Crippen LogP contribution is -2.52. The van der Waals surface area contributed by atoms with E-state index in [-0.39, 0.29) is 18.0 Å². The van der Waals surface area contributed by atoms with Crippen LogP contribution >= 0.6 is 0 Å². The highest BCUT2D eigenvalue weighted by Crippen LogP contribution is 2.05. The van der Waals surface area contributed by atoms with Crippen molar-refractivity contribution in [1.29, 1.82) is 0 Å². The van der Waals surface area contributed by atoms with E-state index in [1.807, 2.05) is 0 Å². The van der Waals surface area contributed by atoms with E-state index in [1.165, 1.54) is 10.9 Å². The molecule has 1 unspecified atom stereocenters. The Bertz CT molecular complexity index is 481. The van der Waals surface area contributed by atoms with Gasteiger partial charge in [-0.3, -0.25) is 24.4 Å². The molecule has 2 N–H and O–H groups in total. The van der Waals surface area contributed by atoms with Crippen LogP contribution in [0.15, 0.2) is 6.20 Å². The summed E-state index contributed by atoms with van der Waals surface area (Å²) in [6.45, 7) is 0. The van der Waals surface area contributed by atoms with E-state index in [4.69, 9.17) is 0 Å². The van der Waals surface area contributed by atoms with Gasteiger partial charge in [0, 0.05) is 13.5 Å². The number of piperidine rings is 1. The van der Waals surface area contributed by atoms with Crippen LogP contribution in [0.4, 0.5) is 0 Å². The molecule has 3 amide bonds. The van der Waals surface area contributed by atoms with Gasteiger partial charge in [-0.2, -0.15) is 0 Å². The molecule has 8 heteroatoms. The first-order valence-electron chi connectivity index (χ1n) is 5.07. The maximum absolute atomic E-state index is 11.7. The lowest BCUT2D eigenvalue weighted by molar-refractivity contribution is -0.134. The maximum Gasteiger partial charge on any atom is 0.274 e. The highest BCUT2D eigenvalue weighted by molar-refractivity contribution is 6.03. The van der Waals surface area contributed by atoms with Crippen LogP contribution in [0, 0.1) is 0 Å². The summed E-state index contributed by atoms with van der Waals surface area (Å²) in [4.78, 5) is 34.0. The number of hydrogen-bond acceptors (Lipinski definition) is 5. The fourth-order valence-corrected chi connectivity index (χ4v) is 1.51. The van der Waals surface area contributed by atoms with Gasteiger partial charge in [-0.1, -0.05) is 5.21 Å². The summed E-state index contributed by atoms with van der Waals surface area (Å²) in [5, 5.41) is 11.9. The third-order valence-electron chi connectivity index (χ3n) is 2.38. The second-order valence-electron chi connectivity index (χ2n) is 3.75. The van der Waals surface area contributed by atoms with E-state index in [0.717, 1.165) is 0 Å². The van der Waals surface area contributed by atoms with Crippen LogP contribution in [-0.2, 0) is 16.6 Å². The summed E-state index contributed by atoms with van der Waals surface area (Å²) in [5.41, 5.74) is 0.136. The second kappa shape index (κ2) is 4.32. The number of hydrogen-bond donors (Lipinski definition) is 2. The minimum atomic E-state index is -0.692. The quantitative estimate of drug-likeness (QED) is 0.599. The molecule has 1 aromatic rings. The molecule has 0 bridgehead atoms. The van der Waals surface area contributed by atoms with E-state index in [9.17, 15) is 14.4 Å². The molecule has 90 valence electrons. The van der Waals surface area contributed by atoms with Crippen molar-refractivity contribution in [2.24, 2.45) is 7.05 Å². The van der Waals surface area contributed by atoms with Crippen molar-refractivity contribution < 1.29 is 14.4 Å². The summed E-state index contributed by atoms with van der Waals surface area (Å²) < 4.78 is 1.39. The van der Waals surface area contributed by atoms with Crippen molar-refractivity contribution in [2.75, 3.05) is 0 Å². The number of carbonyl (C=O) groups excluding carboxylic acids is 3. The zero-order valence-electron chi connectivity index (χ0n) is 9.14. The third kappa shape index (κ3) is 2.47. The first kappa shape index (κ1) is 11.2. The average molecular weight is 237 g/mol. The molecular weight excluding hydrogens is 226 g/mol. The van der Waals surface area contributed by atoms with Crippen molar-refractivity contribution in [3.8, 4) is 0 Å². The van der Waals surface area contributed by atoms with Crippen molar-refractivity contribution in [1.82, 2.24) is 25.6 Å². The molecular formula is C9H11N5O3. The van der Waals surface area contributed by atoms with Crippen LogP contribution < -0.4 is 10.6 Å². The Morgan fingerprint density at radius 1 is 1.59 bits per heavy atom. The number of imide groups is 1. The molecule has 1 saturated heterocycles. The molecule has 2 rings (SSSR count). The van der Waals surface area contributed by atoms with E-state index in [2.05, 4.69) is 20.9 Å². The number of amides is 3. The van der Waals surface area contributed by atoms with Crippen LogP contribution in [0.25, 0.3) is 0 Å². The van der Waals surface area contributed by atoms with E-state index in [0.29, 0.717) is 6.42 Å². The number of nitrogens with one attached hydrogen (secondary N) is 2. The highest BCUT2D eigenvalue weighted by Gasteiger charge is 2.28. The van der Waals surface area contributed by atoms with E-state index < -0.39 is 17.9 Å². The van der Waals surface area contributed by atoms with Crippen molar-refractivity contribution in [2.45, 2.75) is 18.9 Å². The van der Waals surface area contributed by atoms with Gasteiger partial charge in [0.05, 0.1) is 6.20 Å². The normalized spacial score (nSPS) is 19.9. The Hall–Kier alpha value is -2.25. The molecule has 1 aliphatic rings. The topological polar surface area (TPSA) is 106 Å². The molecule has 17 heavy (non-hydrogen) atoms. The van der Waals surface area contributed by atoms with Crippen LogP contribution in [0.5, 0.6) is 0 Å². The number of aromatic nitrogens is 3. The Labute approximate surface area is 96.4 Å². The van der Waals surface area contributed by atoms with Gasteiger partial charge in [0.15, 0.2) is 5.69 Å². The predicted octanol–water partition coefficient (Wildman–Crippen LogP) is -1.65. The van der Waals surface area contributed by atoms with Gasteiger partial charge in [-0.25, -0.2) is 0 Å². The SMILES string of the molecule is Cn1cc(C(=O)NC2CCC(=O)NC2=O)nn1. The van der Waals surface area contributed by atoms with Gasteiger partial charge in [0.25, 0.3) is 5.91 Å². The molecule has 0 radical (unpaired) electrons. The number of aryl methyl sites for hydroxylation is 1. The van der Waals surface area contributed by atoms with Crippen molar-refractivity contribution in [3.05, 3.63) is 11.9 Å². The van der Waals surface area contributed by atoms with Gasteiger partial charge in [-0.15, -0.1) is 5.10 Å². The van der Waals surface area contributed by atoms with Gasteiger partial charge in [0.1, 0.15) is 6.04 Å². The number of carbonyl (C=O) groups is 3. The average Bonchev–Trinajstić information content (AvgIpc) is 2.69. The molecule has 2 heterocycles. The summed E-state index contributed by atoms with van der Waals surface area (Å²) in [7, 11) is 1.63. The minimum Gasteiger partial charge on any atom is -0.339 e. The van der Waals surface area contributed by atoms with Crippen molar-refractivity contribution >= 4 is 17.7 Å². The fourth-order valence-electron chi connectivity index (χ4n) is 1.51. The fraction of sp³-hybridized carbons (Fsp3) is 0.444. The number of nitrogens with zero attached hydrogens (tertiary/aromatic N) is 3. The lowest BCUT2D eigenvalue weighted by atomic mass is 10.1. The molecule has 1 fully saturated rings. The monoisotopic (exact) mass is 237 g/mol. The molecule has 0 spiro atoms. The first-order valence-corrected chi connectivity index (χ1v) is 5.07. The van der Waals surface area contributed by atoms with Gasteiger partial charge in [0.2, 0.25) is 11.8 Å². The largest absolute Gasteiger partial charge is 0.339 e. The summed E-state index contributed by atoms with van der Waals surface area (Å²) in [5.74, 6) is -1.29. The summed E-state index contributed by atoms with van der Waals surface area (Å²) in [6.07, 6.45) is 1.97. The molecule has 0 saturated carbocycles. The Balaban J connectivity index is 1.99.